The third-order valence-electron chi connectivity index (χ3n) is 3.09. The van der Waals surface area contributed by atoms with E-state index in [-0.39, 0.29) is 0 Å². The Morgan fingerprint density at radius 1 is 1.25 bits per heavy atom. The fraction of sp³-hybridized carbons (Fsp3) is 0.133. The van der Waals surface area contributed by atoms with Gasteiger partial charge >= 0.3 is 5.69 Å². The van der Waals surface area contributed by atoms with E-state index in [2.05, 4.69) is 49.5 Å². The Kier molecular flexibility index (Phi) is 4.71. The predicted molar refractivity (Wildman–Crippen MR) is 91.4 cm³/mol. The van der Waals surface area contributed by atoms with Crippen molar-refractivity contribution in [2.45, 2.75) is 17.8 Å². The first-order valence-electron chi connectivity index (χ1n) is 7.06. The number of rotatable bonds is 5. The molecule has 3 rings (SSSR count). The van der Waals surface area contributed by atoms with E-state index in [1.165, 1.54) is 46.2 Å². The van der Waals surface area contributed by atoms with Gasteiger partial charge in [0.1, 0.15) is 6.33 Å². The van der Waals surface area contributed by atoms with Crippen molar-refractivity contribution >= 4 is 18.0 Å². The van der Waals surface area contributed by atoms with Crippen LogP contribution in [0.1, 0.15) is 16.8 Å². The van der Waals surface area contributed by atoms with Crippen LogP contribution in [0.5, 0.6) is 0 Å². The molecule has 0 spiro atoms. The monoisotopic (exact) mass is 342 g/mol. The highest BCUT2D eigenvalue weighted by Gasteiger charge is 2.04. The highest BCUT2D eigenvalue weighted by atomic mass is 32.2. The summed E-state index contributed by atoms with van der Waals surface area (Å²) in [5, 5.41) is 12.6. The number of nitrogens with one attached hydrogen (secondary N) is 2. The molecule has 0 aliphatic heterocycles. The average molecular weight is 342 g/mol. The summed E-state index contributed by atoms with van der Waals surface area (Å²) in [4.78, 5) is 27.0. The molecular weight excluding hydrogens is 328 g/mol. The fourth-order valence-electron chi connectivity index (χ4n) is 1.91. The molecule has 8 nitrogen and oxygen atoms in total. The lowest BCUT2D eigenvalue weighted by Gasteiger charge is -2.02. The van der Waals surface area contributed by atoms with Crippen LogP contribution in [0.25, 0.3) is 0 Å². The van der Waals surface area contributed by atoms with Crippen molar-refractivity contribution in [2.75, 3.05) is 0 Å². The standard InChI is InChI=1S/C15H14N6O2S/c1-10-2-4-11(5-3-10)8-24-15-20-16-9-21(15)17-7-12-6-13(22)19-14(23)18-12/h2-7,9H,8H2,1H3,(H2,18,19,22,23)/b17-7+. The van der Waals surface area contributed by atoms with E-state index in [0.717, 1.165) is 5.75 Å². The van der Waals surface area contributed by atoms with Crippen molar-refractivity contribution in [3.8, 4) is 0 Å². The second-order valence-corrected chi connectivity index (χ2v) is 5.96. The number of nitrogens with zero attached hydrogens (tertiary/aromatic N) is 4. The molecule has 9 heteroatoms. The number of hydrogen-bond acceptors (Lipinski definition) is 6. The summed E-state index contributed by atoms with van der Waals surface area (Å²) in [6.45, 7) is 2.04. The summed E-state index contributed by atoms with van der Waals surface area (Å²) in [7, 11) is 0. The summed E-state index contributed by atoms with van der Waals surface area (Å²) in [5.41, 5.74) is 1.61. The van der Waals surface area contributed by atoms with Gasteiger partial charge in [-0.15, -0.1) is 10.2 Å². The lowest BCUT2D eigenvalue weighted by Crippen LogP contribution is -2.22. The number of benzene rings is 1. The normalized spacial score (nSPS) is 11.2. The Morgan fingerprint density at radius 2 is 2.04 bits per heavy atom. The first-order valence-corrected chi connectivity index (χ1v) is 8.05. The molecule has 2 aromatic heterocycles. The Balaban J connectivity index is 1.72. The molecule has 24 heavy (non-hydrogen) atoms. The van der Waals surface area contributed by atoms with Gasteiger partial charge in [0.15, 0.2) is 0 Å². The number of aromatic nitrogens is 5. The molecule has 0 amide bonds. The maximum atomic E-state index is 11.2. The molecule has 0 saturated heterocycles. The van der Waals surface area contributed by atoms with Crippen LogP contribution in [0.2, 0.25) is 0 Å². The molecule has 0 radical (unpaired) electrons. The van der Waals surface area contributed by atoms with Crippen molar-refractivity contribution in [1.82, 2.24) is 24.8 Å². The van der Waals surface area contributed by atoms with E-state index >= 15 is 0 Å². The van der Waals surface area contributed by atoms with Crippen molar-refractivity contribution in [2.24, 2.45) is 5.10 Å². The second kappa shape index (κ2) is 7.09. The maximum Gasteiger partial charge on any atom is 0.326 e. The van der Waals surface area contributed by atoms with Crippen LogP contribution >= 0.6 is 11.8 Å². The summed E-state index contributed by atoms with van der Waals surface area (Å²) < 4.78 is 1.48. The van der Waals surface area contributed by atoms with Gasteiger partial charge in [-0.25, -0.2) is 4.79 Å². The van der Waals surface area contributed by atoms with E-state index in [4.69, 9.17) is 0 Å². The van der Waals surface area contributed by atoms with Gasteiger partial charge in [-0.05, 0) is 12.5 Å². The average Bonchev–Trinajstić information content (AvgIpc) is 2.99. The molecule has 0 aliphatic rings. The number of H-pyrrole nitrogens is 2. The molecular formula is C15H14N6O2S. The van der Waals surface area contributed by atoms with Gasteiger partial charge in [0.25, 0.3) is 5.56 Å². The summed E-state index contributed by atoms with van der Waals surface area (Å²) in [5.74, 6) is 0.732. The molecule has 3 aromatic rings. The lowest BCUT2D eigenvalue weighted by atomic mass is 10.2. The quantitative estimate of drug-likeness (QED) is 0.534. The van der Waals surface area contributed by atoms with Crippen molar-refractivity contribution in [3.63, 3.8) is 0 Å². The maximum absolute atomic E-state index is 11.2. The Hall–Kier alpha value is -2.94. The van der Waals surface area contributed by atoms with Crippen LogP contribution in [0, 0.1) is 6.92 Å². The SMILES string of the molecule is Cc1ccc(CSc2nncn2/N=C/c2cc(=O)[nH]c(=O)[nH]2)cc1. The predicted octanol–water partition coefficient (Wildman–Crippen LogP) is 1.14. The van der Waals surface area contributed by atoms with Crippen molar-refractivity contribution in [3.05, 3.63) is 74.3 Å². The molecule has 0 unspecified atom stereocenters. The zero-order valence-corrected chi connectivity index (χ0v) is 13.6. The summed E-state index contributed by atoms with van der Waals surface area (Å²) in [6, 6.07) is 9.49. The minimum atomic E-state index is -0.582. The zero-order chi connectivity index (χ0) is 16.9. The largest absolute Gasteiger partial charge is 0.326 e. The zero-order valence-electron chi connectivity index (χ0n) is 12.8. The Bertz CT molecular complexity index is 942. The summed E-state index contributed by atoms with van der Waals surface area (Å²) in [6.07, 6.45) is 2.83. The van der Waals surface area contributed by atoms with E-state index in [9.17, 15) is 9.59 Å². The third-order valence-corrected chi connectivity index (χ3v) is 4.10. The van der Waals surface area contributed by atoms with E-state index in [1.54, 1.807) is 0 Å². The Morgan fingerprint density at radius 3 is 2.79 bits per heavy atom. The van der Waals surface area contributed by atoms with Gasteiger partial charge in [0, 0.05) is 11.8 Å². The highest BCUT2D eigenvalue weighted by molar-refractivity contribution is 7.98. The topological polar surface area (TPSA) is 109 Å². The molecule has 122 valence electrons. The smallest absolute Gasteiger partial charge is 0.306 e. The number of aromatic amines is 2. The van der Waals surface area contributed by atoms with Crippen LogP contribution in [-0.2, 0) is 5.75 Å². The second-order valence-electron chi connectivity index (χ2n) is 5.02. The number of aryl methyl sites for hydroxylation is 1. The van der Waals surface area contributed by atoms with E-state index < -0.39 is 11.2 Å². The molecule has 1 aromatic carbocycles. The van der Waals surface area contributed by atoms with Crippen molar-refractivity contribution in [1.29, 1.82) is 0 Å². The van der Waals surface area contributed by atoms with Gasteiger partial charge in [-0.3, -0.25) is 9.78 Å². The third kappa shape index (κ3) is 4.07. The van der Waals surface area contributed by atoms with Crippen LogP contribution in [0.15, 0.2) is 56.5 Å². The first-order chi connectivity index (χ1) is 11.6. The van der Waals surface area contributed by atoms with Gasteiger partial charge in [-0.2, -0.15) is 9.78 Å². The minimum Gasteiger partial charge on any atom is -0.306 e. The van der Waals surface area contributed by atoms with Crippen LogP contribution in [-0.4, -0.2) is 31.1 Å². The van der Waals surface area contributed by atoms with Gasteiger partial charge in [-0.1, -0.05) is 41.6 Å². The van der Waals surface area contributed by atoms with Gasteiger partial charge < -0.3 is 4.98 Å². The summed E-state index contributed by atoms with van der Waals surface area (Å²) >= 11 is 1.49. The molecule has 2 heterocycles. The highest BCUT2D eigenvalue weighted by Crippen LogP contribution is 2.20. The van der Waals surface area contributed by atoms with Gasteiger partial charge in [0.2, 0.25) is 5.16 Å². The van der Waals surface area contributed by atoms with Crippen LogP contribution < -0.4 is 11.2 Å². The lowest BCUT2D eigenvalue weighted by molar-refractivity contribution is 0.766. The van der Waals surface area contributed by atoms with Crippen LogP contribution in [0.3, 0.4) is 0 Å². The molecule has 0 fully saturated rings. The first kappa shape index (κ1) is 15.9. The fourth-order valence-corrected chi connectivity index (χ4v) is 2.73. The molecule has 0 atom stereocenters. The Labute approximate surface area is 140 Å². The van der Waals surface area contributed by atoms with Crippen LogP contribution in [0.4, 0.5) is 0 Å². The molecule has 0 aliphatic carbocycles. The molecule has 2 N–H and O–H groups in total. The number of thioether (sulfide) groups is 1. The van der Waals surface area contributed by atoms with Crippen molar-refractivity contribution < 1.29 is 0 Å². The van der Waals surface area contributed by atoms with Gasteiger partial charge in [0.05, 0.1) is 11.9 Å². The molecule has 0 saturated carbocycles. The minimum absolute atomic E-state index is 0.298. The van der Waals surface area contributed by atoms with E-state index in [0.29, 0.717) is 10.9 Å². The molecule has 0 bridgehead atoms. The number of hydrogen-bond donors (Lipinski definition) is 2. The van der Waals surface area contributed by atoms with E-state index in [1.807, 2.05) is 6.92 Å².